The molecule has 8 nitrogen and oxygen atoms in total. The molecule has 3 aromatic heterocycles. The first-order chi connectivity index (χ1) is 17.0. The highest BCUT2D eigenvalue weighted by Gasteiger charge is 2.18. The number of amides is 1. The van der Waals surface area contributed by atoms with Crippen molar-refractivity contribution in [3.05, 3.63) is 71.7 Å². The van der Waals surface area contributed by atoms with Crippen molar-refractivity contribution >= 4 is 44.4 Å². The number of pyridine rings is 2. The fraction of sp³-hybridized carbons (Fsp3) is 0.280. The van der Waals surface area contributed by atoms with Gasteiger partial charge in [-0.3, -0.25) is 9.69 Å². The molecule has 180 valence electrons. The summed E-state index contributed by atoms with van der Waals surface area (Å²) in [5.41, 5.74) is 2.92. The normalized spacial score (nSPS) is 14.3. The van der Waals surface area contributed by atoms with Crippen molar-refractivity contribution in [2.24, 2.45) is 0 Å². The molecule has 2 N–H and O–H groups in total. The third-order valence-electron chi connectivity index (χ3n) is 5.93. The van der Waals surface area contributed by atoms with Gasteiger partial charge in [-0.2, -0.15) is 0 Å². The first kappa shape index (κ1) is 23.1. The summed E-state index contributed by atoms with van der Waals surface area (Å²) in [6, 6.07) is 14.2. The number of hydrogen-bond donors (Lipinski definition) is 2. The van der Waals surface area contributed by atoms with Crippen molar-refractivity contribution in [3.8, 4) is 0 Å². The second-order valence-corrected chi connectivity index (χ2v) is 9.46. The Morgan fingerprint density at radius 2 is 1.71 bits per heavy atom. The van der Waals surface area contributed by atoms with Crippen LogP contribution in [0.4, 0.5) is 21.2 Å². The van der Waals surface area contributed by atoms with Gasteiger partial charge < -0.3 is 15.5 Å². The first-order valence-electron chi connectivity index (χ1n) is 11.5. The summed E-state index contributed by atoms with van der Waals surface area (Å²) in [4.78, 5) is 30.3. The van der Waals surface area contributed by atoms with Crippen LogP contribution >= 0.6 is 11.3 Å². The Balaban J connectivity index is 1.17. The Morgan fingerprint density at radius 1 is 0.971 bits per heavy atom. The molecule has 0 bridgehead atoms. The molecule has 0 saturated carbocycles. The predicted molar refractivity (Wildman–Crippen MR) is 136 cm³/mol. The van der Waals surface area contributed by atoms with Gasteiger partial charge in [0.15, 0.2) is 5.13 Å². The van der Waals surface area contributed by atoms with E-state index in [1.807, 2.05) is 29.3 Å². The third kappa shape index (κ3) is 5.90. The van der Waals surface area contributed by atoms with Gasteiger partial charge in [0.05, 0.1) is 0 Å². The number of carbonyl (C=O) groups excluding carboxylic acids is 1. The van der Waals surface area contributed by atoms with Crippen LogP contribution in [-0.2, 0) is 17.9 Å². The highest BCUT2D eigenvalue weighted by molar-refractivity contribution is 7.21. The maximum Gasteiger partial charge on any atom is 0.219 e. The van der Waals surface area contributed by atoms with Gasteiger partial charge in [-0.05, 0) is 41.5 Å². The summed E-state index contributed by atoms with van der Waals surface area (Å²) < 4.78 is 13.1. The number of nitrogens with one attached hydrogen (secondary N) is 2. The highest BCUT2D eigenvalue weighted by Crippen LogP contribution is 2.27. The number of hydrogen-bond acceptors (Lipinski definition) is 8. The number of anilines is 3. The zero-order valence-corrected chi connectivity index (χ0v) is 20.2. The van der Waals surface area contributed by atoms with Crippen LogP contribution < -0.4 is 10.6 Å². The third-order valence-corrected chi connectivity index (χ3v) is 6.81. The van der Waals surface area contributed by atoms with Crippen LogP contribution in [0.2, 0.25) is 0 Å². The number of fused-ring (bicyclic) bond motifs is 1. The van der Waals surface area contributed by atoms with Crippen LogP contribution in [0.5, 0.6) is 0 Å². The molecule has 0 spiro atoms. The maximum atomic E-state index is 13.1. The minimum atomic E-state index is -0.244. The Morgan fingerprint density at radius 3 is 2.43 bits per heavy atom. The van der Waals surface area contributed by atoms with Gasteiger partial charge in [-0.25, -0.2) is 19.3 Å². The molecule has 0 radical (unpaired) electrons. The lowest BCUT2D eigenvalue weighted by Crippen LogP contribution is -2.47. The minimum Gasteiger partial charge on any atom is -0.366 e. The Labute approximate surface area is 206 Å². The largest absolute Gasteiger partial charge is 0.366 e. The van der Waals surface area contributed by atoms with Crippen LogP contribution in [0.15, 0.2) is 54.7 Å². The Kier molecular flexibility index (Phi) is 6.82. The SMILES string of the molecule is CC(=O)N1CCN(Cc2ccc(Nc3nc4ccc(NCc5ccc(F)cc5)nc4s3)nc2)CC1. The Hall–Kier alpha value is -3.63. The number of benzene rings is 1. The van der Waals surface area contributed by atoms with Crippen molar-refractivity contribution in [1.82, 2.24) is 24.8 Å². The predicted octanol–water partition coefficient (Wildman–Crippen LogP) is 4.25. The average molecular weight is 492 g/mol. The van der Waals surface area contributed by atoms with Gasteiger partial charge in [-0.1, -0.05) is 29.5 Å². The molecule has 1 amide bonds. The zero-order chi connectivity index (χ0) is 24.2. The van der Waals surface area contributed by atoms with E-state index in [0.29, 0.717) is 6.54 Å². The van der Waals surface area contributed by atoms with Crippen LogP contribution in [0.25, 0.3) is 10.3 Å². The topological polar surface area (TPSA) is 86.3 Å². The number of halogens is 1. The smallest absolute Gasteiger partial charge is 0.219 e. The van der Waals surface area contributed by atoms with E-state index in [0.717, 1.165) is 71.0 Å². The van der Waals surface area contributed by atoms with Crippen LogP contribution in [0, 0.1) is 5.82 Å². The summed E-state index contributed by atoms with van der Waals surface area (Å²) in [6.45, 7) is 6.30. The number of aromatic nitrogens is 3. The molecule has 1 aliphatic heterocycles. The maximum absolute atomic E-state index is 13.1. The molecular weight excluding hydrogens is 465 g/mol. The van der Waals surface area contributed by atoms with Crippen molar-refractivity contribution < 1.29 is 9.18 Å². The second-order valence-electron chi connectivity index (χ2n) is 8.48. The van der Waals surface area contributed by atoms with Crippen molar-refractivity contribution in [1.29, 1.82) is 0 Å². The number of carbonyl (C=O) groups is 1. The fourth-order valence-electron chi connectivity index (χ4n) is 3.94. The van der Waals surface area contributed by atoms with Gasteiger partial charge in [0, 0.05) is 52.4 Å². The van der Waals surface area contributed by atoms with Crippen LogP contribution in [0.3, 0.4) is 0 Å². The molecule has 0 unspecified atom stereocenters. The number of thiazole rings is 1. The molecule has 0 atom stereocenters. The monoisotopic (exact) mass is 491 g/mol. The molecule has 5 rings (SSSR count). The van der Waals surface area contributed by atoms with Gasteiger partial charge >= 0.3 is 0 Å². The number of piperazine rings is 1. The summed E-state index contributed by atoms with van der Waals surface area (Å²) in [7, 11) is 0. The molecule has 0 aliphatic carbocycles. The van der Waals surface area contributed by atoms with Gasteiger partial charge in [-0.15, -0.1) is 0 Å². The van der Waals surface area contributed by atoms with E-state index in [1.54, 1.807) is 19.1 Å². The lowest BCUT2D eigenvalue weighted by atomic mass is 10.2. The van der Waals surface area contributed by atoms with E-state index in [1.165, 1.54) is 23.5 Å². The lowest BCUT2D eigenvalue weighted by molar-refractivity contribution is -0.130. The molecule has 1 aliphatic rings. The molecule has 35 heavy (non-hydrogen) atoms. The van der Waals surface area contributed by atoms with E-state index < -0.39 is 0 Å². The van der Waals surface area contributed by atoms with E-state index in [4.69, 9.17) is 0 Å². The van der Waals surface area contributed by atoms with Crippen molar-refractivity contribution in [2.45, 2.75) is 20.0 Å². The van der Waals surface area contributed by atoms with E-state index in [9.17, 15) is 9.18 Å². The fourth-order valence-corrected chi connectivity index (χ4v) is 4.79. The molecule has 1 aromatic carbocycles. The Bertz CT molecular complexity index is 1300. The summed E-state index contributed by atoms with van der Waals surface area (Å²) in [5.74, 6) is 1.36. The lowest BCUT2D eigenvalue weighted by Gasteiger charge is -2.34. The molecule has 4 heterocycles. The first-order valence-corrected chi connectivity index (χ1v) is 12.3. The van der Waals surface area contributed by atoms with Crippen LogP contribution in [0.1, 0.15) is 18.1 Å². The number of rotatable bonds is 7. The number of nitrogens with zero attached hydrogens (tertiary/aromatic N) is 5. The van der Waals surface area contributed by atoms with E-state index in [-0.39, 0.29) is 11.7 Å². The van der Waals surface area contributed by atoms with Gasteiger partial charge in [0.25, 0.3) is 0 Å². The quantitative estimate of drug-likeness (QED) is 0.400. The summed E-state index contributed by atoms with van der Waals surface area (Å²) in [5, 5.41) is 7.26. The molecule has 1 saturated heterocycles. The van der Waals surface area contributed by atoms with E-state index in [2.05, 4.69) is 36.6 Å². The minimum absolute atomic E-state index is 0.143. The van der Waals surface area contributed by atoms with Crippen molar-refractivity contribution in [3.63, 3.8) is 0 Å². The van der Waals surface area contributed by atoms with E-state index >= 15 is 0 Å². The standard InChI is InChI=1S/C25H26FN7OS/c1-17(34)33-12-10-32(11-13-33)16-19-4-8-23(28-15-19)31-25-29-21-7-9-22(30-24(21)35-25)27-14-18-2-5-20(26)6-3-18/h2-9,15H,10-14,16H2,1H3,(H,27,30)(H,28,29,31). The summed E-state index contributed by atoms with van der Waals surface area (Å²) in [6.07, 6.45) is 1.88. The second kappa shape index (κ2) is 10.3. The van der Waals surface area contributed by atoms with Gasteiger partial charge in [0.2, 0.25) is 5.91 Å². The molecule has 10 heteroatoms. The summed E-state index contributed by atoms with van der Waals surface area (Å²) >= 11 is 1.46. The van der Waals surface area contributed by atoms with Crippen molar-refractivity contribution in [2.75, 3.05) is 36.8 Å². The molecule has 1 fully saturated rings. The zero-order valence-electron chi connectivity index (χ0n) is 19.4. The molecular formula is C25H26FN7OS. The highest BCUT2D eigenvalue weighted by atomic mass is 32.1. The molecule has 4 aromatic rings. The average Bonchev–Trinajstić information content (AvgIpc) is 3.27. The van der Waals surface area contributed by atoms with Crippen LogP contribution in [-0.4, -0.2) is 56.8 Å². The van der Waals surface area contributed by atoms with Gasteiger partial charge in [0.1, 0.15) is 27.8 Å².